The third-order valence-corrected chi connectivity index (χ3v) is 9.64. The lowest BCUT2D eigenvalue weighted by Crippen LogP contribution is -2.55. The van der Waals surface area contributed by atoms with Gasteiger partial charge in [0.25, 0.3) is 0 Å². The lowest BCUT2D eigenvalue weighted by atomic mass is 9.47. The van der Waals surface area contributed by atoms with E-state index in [9.17, 15) is 18.1 Å². The smallest absolute Gasteiger partial charge is 0.393 e. The monoisotopic (exact) mass is 386 g/mol. The van der Waals surface area contributed by atoms with Gasteiger partial charge in [0.15, 0.2) is 0 Å². The fourth-order valence-corrected chi connectivity index (χ4v) is 8.08. The van der Waals surface area contributed by atoms with Crippen LogP contribution in [0.25, 0.3) is 0 Å². The molecule has 0 aromatic heterocycles. The van der Waals surface area contributed by atoms with Gasteiger partial charge in [-0.15, -0.1) is 0 Å². The van der Waals surface area contributed by atoms with Crippen molar-refractivity contribution in [3.05, 3.63) is 0 Å². The normalized spacial score (nSPS) is 56.0. The van der Waals surface area contributed by atoms with Crippen LogP contribution in [0.4, 0.5) is 0 Å². The summed E-state index contributed by atoms with van der Waals surface area (Å²) in [5.41, 5.74) is -0.0863. The second kappa shape index (κ2) is 5.46. The molecule has 2 N–H and O–H groups in total. The van der Waals surface area contributed by atoms with E-state index >= 15 is 0 Å². The molecule has 6 heteroatoms. The first-order chi connectivity index (χ1) is 11.8. The van der Waals surface area contributed by atoms with Gasteiger partial charge in [0, 0.05) is 0 Å². The molecule has 0 radical (unpaired) electrons. The Hall–Kier alpha value is -0.170. The molecule has 0 heterocycles. The molecule has 26 heavy (non-hydrogen) atoms. The summed E-state index contributed by atoms with van der Waals surface area (Å²) >= 11 is 0. The summed E-state index contributed by atoms with van der Waals surface area (Å²) in [6.45, 7) is 11.2. The van der Waals surface area contributed by atoms with Crippen LogP contribution in [-0.2, 0) is 14.6 Å². The predicted molar refractivity (Wildman–Crippen MR) is 98.6 cm³/mol. The molecule has 4 aliphatic carbocycles. The van der Waals surface area contributed by atoms with Gasteiger partial charge in [-0.2, -0.15) is 8.42 Å². The Balaban J connectivity index is 1.75. The van der Waals surface area contributed by atoms with Gasteiger partial charge in [-0.1, -0.05) is 34.6 Å². The van der Waals surface area contributed by atoms with Crippen molar-refractivity contribution < 1.29 is 22.3 Å². The second-order valence-corrected chi connectivity index (χ2v) is 12.0. The molecular formula is C20H34O5S. The van der Waals surface area contributed by atoms with E-state index in [-0.39, 0.29) is 22.3 Å². The number of aliphatic hydroxyl groups is 1. The van der Waals surface area contributed by atoms with Crippen LogP contribution in [0.5, 0.6) is 0 Å². The Labute approximate surface area is 157 Å². The SMILES string of the molecule is CC(C)[C@H]1C[C@@H](OS(=O)(=O)O)[C@]2(C)CC[C@@]3(C)C[C@@H](O)[C@@]4(C)C[C@H]4[C@@H]3[C@@H]12. The summed E-state index contributed by atoms with van der Waals surface area (Å²) in [6, 6.07) is 0. The minimum atomic E-state index is -4.45. The summed E-state index contributed by atoms with van der Waals surface area (Å²) in [4.78, 5) is 0. The average Bonchev–Trinajstić information content (AvgIpc) is 3.09. The first kappa shape index (κ1) is 19.2. The summed E-state index contributed by atoms with van der Waals surface area (Å²) in [5, 5.41) is 10.7. The van der Waals surface area contributed by atoms with E-state index in [0.717, 1.165) is 25.7 Å². The molecule has 0 spiro atoms. The maximum absolute atomic E-state index is 11.5. The van der Waals surface area contributed by atoms with E-state index in [1.807, 2.05) is 0 Å². The van der Waals surface area contributed by atoms with Crippen molar-refractivity contribution >= 4 is 10.4 Å². The number of rotatable bonds is 3. The quantitative estimate of drug-likeness (QED) is 0.723. The Morgan fingerprint density at radius 3 is 2.27 bits per heavy atom. The van der Waals surface area contributed by atoms with Crippen molar-refractivity contribution in [2.75, 3.05) is 0 Å². The molecule has 0 bridgehead atoms. The zero-order valence-corrected chi connectivity index (χ0v) is 17.4. The van der Waals surface area contributed by atoms with Crippen molar-refractivity contribution in [3.8, 4) is 0 Å². The van der Waals surface area contributed by atoms with Gasteiger partial charge in [-0.3, -0.25) is 4.55 Å². The molecule has 5 nitrogen and oxygen atoms in total. The maximum Gasteiger partial charge on any atom is 0.397 e. The van der Waals surface area contributed by atoms with Crippen LogP contribution < -0.4 is 0 Å². The highest BCUT2D eigenvalue weighted by Crippen LogP contribution is 2.76. The number of aliphatic hydroxyl groups excluding tert-OH is 1. The lowest BCUT2D eigenvalue weighted by molar-refractivity contribution is -0.133. The van der Waals surface area contributed by atoms with Crippen LogP contribution in [0.1, 0.15) is 66.7 Å². The largest absolute Gasteiger partial charge is 0.397 e. The number of hydrogen-bond donors (Lipinski definition) is 2. The fourth-order valence-electron chi connectivity index (χ4n) is 7.49. The summed E-state index contributed by atoms with van der Waals surface area (Å²) in [6.07, 6.45) is 3.84. The van der Waals surface area contributed by atoms with Gasteiger partial charge in [0.05, 0.1) is 12.2 Å². The van der Waals surface area contributed by atoms with E-state index in [1.165, 1.54) is 0 Å². The highest BCUT2D eigenvalue weighted by molar-refractivity contribution is 7.80. The summed E-state index contributed by atoms with van der Waals surface area (Å²) in [5.74, 6) is 2.22. The topological polar surface area (TPSA) is 83.8 Å². The molecule has 0 aromatic carbocycles. The molecule has 0 amide bonds. The standard InChI is InChI=1S/C20H34O5S/c1-11(2)12-8-15(25-26(22,23)24)19(4)7-6-18(3)10-14(21)20(5)9-13(20)17(18)16(12)19/h11-17,21H,6-10H2,1-5H3,(H,22,23,24)/t12-,13+,14-,15-,16-,17-,18+,19+,20+/m1/s1. The van der Waals surface area contributed by atoms with Crippen LogP contribution in [0, 0.1) is 45.8 Å². The van der Waals surface area contributed by atoms with Gasteiger partial charge >= 0.3 is 10.4 Å². The molecule has 150 valence electrons. The average molecular weight is 387 g/mol. The van der Waals surface area contributed by atoms with E-state index in [1.54, 1.807) is 0 Å². The van der Waals surface area contributed by atoms with Gasteiger partial charge in [-0.25, -0.2) is 4.18 Å². The molecule has 4 aliphatic rings. The molecule has 4 fully saturated rings. The Morgan fingerprint density at radius 1 is 1.04 bits per heavy atom. The first-order valence-electron chi connectivity index (χ1n) is 10.2. The molecule has 0 saturated heterocycles. The van der Waals surface area contributed by atoms with E-state index in [2.05, 4.69) is 34.6 Å². The van der Waals surface area contributed by atoms with Crippen molar-refractivity contribution in [2.24, 2.45) is 45.8 Å². The molecule has 0 unspecified atom stereocenters. The van der Waals surface area contributed by atoms with Gasteiger partial charge in [-0.05, 0) is 77.9 Å². The van der Waals surface area contributed by atoms with Crippen LogP contribution >= 0.6 is 0 Å². The van der Waals surface area contributed by atoms with Crippen LogP contribution in [-0.4, -0.2) is 30.3 Å². The van der Waals surface area contributed by atoms with Gasteiger partial charge in [0.1, 0.15) is 0 Å². The van der Waals surface area contributed by atoms with E-state index in [0.29, 0.717) is 36.0 Å². The zero-order valence-electron chi connectivity index (χ0n) is 16.6. The predicted octanol–water partition coefficient (Wildman–Crippen LogP) is 3.68. The Morgan fingerprint density at radius 2 is 1.69 bits per heavy atom. The van der Waals surface area contributed by atoms with E-state index < -0.39 is 16.5 Å². The van der Waals surface area contributed by atoms with Crippen LogP contribution in [0.15, 0.2) is 0 Å². The molecule has 0 aliphatic heterocycles. The third-order valence-electron chi connectivity index (χ3n) is 9.17. The second-order valence-electron chi connectivity index (χ2n) is 10.9. The van der Waals surface area contributed by atoms with Crippen molar-refractivity contribution in [2.45, 2.75) is 78.9 Å². The highest BCUT2D eigenvalue weighted by atomic mass is 32.3. The number of hydrogen-bond acceptors (Lipinski definition) is 4. The molecule has 4 saturated carbocycles. The van der Waals surface area contributed by atoms with Gasteiger partial charge < -0.3 is 5.11 Å². The molecular weight excluding hydrogens is 352 g/mol. The minimum Gasteiger partial charge on any atom is -0.393 e. The van der Waals surface area contributed by atoms with Crippen molar-refractivity contribution in [3.63, 3.8) is 0 Å². The maximum atomic E-state index is 11.5. The molecule has 0 aromatic rings. The van der Waals surface area contributed by atoms with Crippen molar-refractivity contribution in [1.29, 1.82) is 0 Å². The van der Waals surface area contributed by atoms with Crippen LogP contribution in [0.2, 0.25) is 0 Å². The highest BCUT2D eigenvalue weighted by Gasteiger charge is 2.73. The fraction of sp³-hybridized carbons (Fsp3) is 1.00. The van der Waals surface area contributed by atoms with Crippen molar-refractivity contribution in [1.82, 2.24) is 0 Å². The summed E-state index contributed by atoms with van der Waals surface area (Å²) < 4.78 is 37.6. The molecule has 9 atom stereocenters. The Kier molecular flexibility index (Phi) is 4.02. The minimum absolute atomic E-state index is 0.0337. The van der Waals surface area contributed by atoms with E-state index in [4.69, 9.17) is 4.18 Å². The Bertz CT molecular complexity index is 705. The molecule has 4 rings (SSSR count). The summed E-state index contributed by atoms with van der Waals surface area (Å²) in [7, 11) is -4.45. The zero-order chi connectivity index (χ0) is 19.3. The van der Waals surface area contributed by atoms with Gasteiger partial charge in [0.2, 0.25) is 0 Å². The first-order valence-corrected chi connectivity index (χ1v) is 11.5. The number of fused-ring (bicyclic) bond motifs is 5. The lowest BCUT2D eigenvalue weighted by Gasteiger charge is -2.58. The van der Waals surface area contributed by atoms with Crippen LogP contribution in [0.3, 0.4) is 0 Å². The third kappa shape index (κ3) is 2.55.